The third-order valence-electron chi connectivity index (χ3n) is 2.96. The summed E-state index contributed by atoms with van der Waals surface area (Å²) in [7, 11) is 0. The first-order chi connectivity index (χ1) is 6.38. The van der Waals surface area contributed by atoms with Gasteiger partial charge in [0.25, 0.3) is 0 Å². The molecule has 1 saturated carbocycles. The number of rotatable bonds is 1. The van der Waals surface area contributed by atoms with Crippen molar-refractivity contribution in [1.29, 1.82) is 0 Å². The average Bonchev–Trinajstić information content (AvgIpc) is 2.20. The Kier molecular flexibility index (Phi) is 5.71. The van der Waals surface area contributed by atoms with Crippen LogP contribution in [0.5, 0.6) is 5.75 Å². The van der Waals surface area contributed by atoms with E-state index in [4.69, 9.17) is 0 Å². The van der Waals surface area contributed by atoms with Crippen molar-refractivity contribution >= 4 is 0 Å². The molecule has 1 aromatic carbocycles. The molecule has 0 saturated heterocycles. The first kappa shape index (κ1) is 12.7. The number of hydrogen-bond acceptors (Lipinski definition) is 1. The standard InChI is InChI=1S/C12H16O.K/c13-12-9-5-4-8-11(12)10-6-2-1-3-7-10;/h4-5,8-10,13H,1-3,6-7H2;/q;+1/p-1. The SMILES string of the molecule is [K+].[O-]c1ccccc1C1CCCCC1. The molecule has 2 rings (SSSR count). The molecule has 0 radical (unpaired) electrons. The zero-order valence-corrected chi connectivity index (χ0v) is 12.0. The second-order valence-corrected chi connectivity index (χ2v) is 3.87. The van der Waals surface area contributed by atoms with Crippen LogP contribution in [0.15, 0.2) is 24.3 Å². The quantitative estimate of drug-likeness (QED) is 0.594. The molecule has 1 aliphatic rings. The molecule has 70 valence electrons. The molecule has 0 unspecified atom stereocenters. The molecule has 0 spiro atoms. The van der Waals surface area contributed by atoms with Crippen molar-refractivity contribution in [2.24, 2.45) is 0 Å². The van der Waals surface area contributed by atoms with Gasteiger partial charge in [-0.3, -0.25) is 0 Å². The molecule has 1 aliphatic carbocycles. The molecule has 1 nitrogen and oxygen atoms in total. The third kappa shape index (κ3) is 3.07. The first-order valence-corrected chi connectivity index (χ1v) is 5.14. The van der Waals surface area contributed by atoms with Crippen LogP contribution in [0.25, 0.3) is 0 Å². The molecule has 0 N–H and O–H groups in total. The molecule has 14 heavy (non-hydrogen) atoms. The largest absolute Gasteiger partial charge is 1.00 e. The van der Waals surface area contributed by atoms with Crippen molar-refractivity contribution < 1.29 is 56.5 Å². The monoisotopic (exact) mass is 214 g/mol. The van der Waals surface area contributed by atoms with Gasteiger partial charge in [-0.2, -0.15) is 0 Å². The summed E-state index contributed by atoms with van der Waals surface area (Å²) in [5.41, 5.74) is 1.04. The van der Waals surface area contributed by atoms with Crippen LogP contribution >= 0.6 is 0 Å². The molecular formula is C12H15KO. The van der Waals surface area contributed by atoms with Gasteiger partial charge >= 0.3 is 51.4 Å². The van der Waals surface area contributed by atoms with Crippen LogP contribution in [0.1, 0.15) is 43.6 Å². The van der Waals surface area contributed by atoms with Crippen molar-refractivity contribution in [2.75, 3.05) is 0 Å². The maximum atomic E-state index is 11.5. The molecule has 0 heterocycles. The van der Waals surface area contributed by atoms with Crippen LogP contribution in [-0.4, -0.2) is 0 Å². The van der Waals surface area contributed by atoms with E-state index in [0.717, 1.165) is 5.56 Å². The van der Waals surface area contributed by atoms with Crippen molar-refractivity contribution in [2.45, 2.75) is 38.0 Å². The van der Waals surface area contributed by atoms with Crippen LogP contribution < -0.4 is 56.5 Å². The fourth-order valence-electron chi connectivity index (χ4n) is 2.23. The second-order valence-electron chi connectivity index (χ2n) is 3.87. The van der Waals surface area contributed by atoms with E-state index in [-0.39, 0.29) is 57.1 Å². The summed E-state index contributed by atoms with van der Waals surface area (Å²) >= 11 is 0. The van der Waals surface area contributed by atoms with Gasteiger partial charge in [-0.05, 0) is 18.8 Å². The van der Waals surface area contributed by atoms with Gasteiger partial charge in [-0.15, -0.1) is 5.75 Å². The van der Waals surface area contributed by atoms with Gasteiger partial charge in [-0.1, -0.05) is 49.1 Å². The van der Waals surface area contributed by atoms with Crippen LogP contribution in [-0.2, 0) is 0 Å². The molecular weight excluding hydrogens is 199 g/mol. The Morgan fingerprint density at radius 3 is 2.29 bits per heavy atom. The zero-order chi connectivity index (χ0) is 9.10. The fourth-order valence-corrected chi connectivity index (χ4v) is 2.23. The van der Waals surface area contributed by atoms with Gasteiger partial charge in [0, 0.05) is 0 Å². The predicted octanol–water partition coefficient (Wildman–Crippen LogP) is -0.188. The second kappa shape index (κ2) is 6.28. The molecule has 1 aromatic rings. The maximum absolute atomic E-state index is 11.5. The summed E-state index contributed by atoms with van der Waals surface area (Å²) in [5, 5.41) is 11.5. The molecule has 0 aromatic heterocycles. The summed E-state index contributed by atoms with van der Waals surface area (Å²) in [5.74, 6) is 0.775. The Hall–Kier alpha value is 0.656. The van der Waals surface area contributed by atoms with E-state index in [0.29, 0.717) is 5.92 Å². The summed E-state index contributed by atoms with van der Waals surface area (Å²) in [4.78, 5) is 0. The van der Waals surface area contributed by atoms with Gasteiger partial charge in [0.15, 0.2) is 0 Å². The molecule has 0 bridgehead atoms. The Bertz CT molecular complexity index is 279. The van der Waals surface area contributed by atoms with Crippen molar-refractivity contribution in [3.8, 4) is 5.75 Å². The van der Waals surface area contributed by atoms with E-state index in [1.54, 1.807) is 6.07 Å². The van der Waals surface area contributed by atoms with Crippen LogP contribution in [0.2, 0.25) is 0 Å². The van der Waals surface area contributed by atoms with Crippen molar-refractivity contribution in [3.05, 3.63) is 29.8 Å². The smallest absolute Gasteiger partial charge is 0.872 e. The van der Waals surface area contributed by atoms with E-state index < -0.39 is 0 Å². The Morgan fingerprint density at radius 2 is 1.64 bits per heavy atom. The van der Waals surface area contributed by atoms with Gasteiger partial charge in [0.1, 0.15) is 0 Å². The van der Waals surface area contributed by atoms with E-state index in [1.807, 2.05) is 18.2 Å². The summed E-state index contributed by atoms with van der Waals surface area (Å²) in [6.45, 7) is 0. The van der Waals surface area contributed by atoms with E-state index in [9.17, 15) is 5.11 Å². The van der Waals surface area contributed by atoms with Crippen LogP contribution in [0.3, 0.4) is 0 Å². The Morgan fingerprint density at radius 1 is 1.00 bits per heavy atom. The van der Waals surface area contributed by atoms with Gasteiger partial charge in [0.2, 0.25) is 0 Å². The van der Waals surface area contributed by atoms with Gasteiger partial charge < -0.3 is 5.11 Å². The predicted molar refractivity (Wildman–Crippen MR) is 51.7 cm³/mol. The molecule has 0 amide bonds. The Labute approximate surface area is 128 Å². The third-order valence-corrected chi connectivity index (χ3v) is 2.96. The normalized spacial score (nSPS) is 17.4. The number of para-hydroxylation sites is 1. The number of hydrogen-bond donors (Lipinski definition) is 0. The molecule has 2 heteroatoms. The molecule has 0 aliphatic heterocycles. The summed E-state index contributed by atoms with van der Waals surface area (Å²) in [6, 6.07) is 7.49. The zero-order valence-electron chi connectivity index (χ0n) is 8.83. The topological polar surface area (TPSA) is 23.1 Å². The van der Waals surface area contributed by atoms with E-state index >= 15 is 0 Å². The van der Waals surface area contributed by atoms with Crippen molar-refractivity contribution in [3.63, 3.8) is 0 Å². The van der Waals surface area contributed by atoms with Crippen molar-refractivity contribution in [1.82, 2.24) is 0 Å². The van der Waals surface area contributed by atoms with Crippen LogP contribution in [0, 0.1) is 0 Å². The first-order valence-electron chi connectivity index (χ1n) is 5.14. The summed E-state index contributed by atoms with van der Waals surface area (Å²) < 4.78 is 0. The minimum atomic E-state index is 0. The average molecular weight is 214 g/mol. The minimum absolute atomic E-state index is 0. The van der Waals surface area contributed by atoms with Gasteiger partial charge in [0.05, 0.1) is 0 Å². The van der Waals surface area contributed by atoms with E-state index in [1.165, 1.54) is 32.1 Å². The van der Waals surface area contributed by atoms with Gasteiger partial charge in [-0.25, -0.2) is 0 Å². The molecule has 1 fully saturated rings. The van der Waals surface area contributed by atoms with E-state index in [2.05, 4.69) is 0 Å². The fraction of sp³-hybridized carbons (Fsp3) is 0.500. The minimum Gasteiger partial charge on any atom is -0.872 e. The summed E-state index contributed by atoms with van der Waals surface area (Å²) in [6.07, 6.45) is 6.34. The van der Waals surface area contributed by atoms with Crippen LogP contribution in [0.4, 0.5) is 0 Å². The maximum Gasteiger partial charge on any atom is 1.00 e. The number of benzene rings is 1. The molecule has 0 atom stereocenters. The Balaban J connectivity index is 0.000000980.